The van der Waals surface area contributed by atoms with Gasteiger partial charge < -0.3 is 20.1 Å². The third-order valence-electron chi connectivity index (χ3n) is 4.15. The van der Waals surface area contributed by atoms with Crippen molar-refractivity contribution in [2.24, 2.45) is 0 Å². The number of hydrogen-bond donors (Lipinski definition) is 2. The summed E-state index contributed by atoms with van der Waals surface area (Å²) in [4.78, 5) is 25.5. The van der Waals surface area contributed by atoms with Gasteiger partial charge in [0.25, 0.3) is 5.91 Å². The van der Waals surface area contributed by atoms with E-state index in [1.807, 2.05) is 19.9 Å². The Balaban J connectivity index is 1.85. The molecule has 0 spiro atoms. The first kappa shape index (κ1) is 18.1. The zero-order valence-electron chi connectivity index (χ0n) is 15.0. The molecular weight excluding hydrogens is 352 g/mol. The molecular formula is C19H20N2O4S. The van der Waals surface area contributed by atoms with E-state index in [0.717, 1.165) is 10.5 Å². The molecule has 0 bridgehead atoms. The molecule has 1 aliphatic heterocycles. The lowest BCUT2D eigenvalue weighted by Gasteiger charge is -2.21. The maximum Gasteiger partial charge on any atom is 0.255 e. The van der Waals surface area contributed by atoms with Gasteiger partial charge >= 0.3 is 0 Å². The smallest absolute Gasteiger partial charge is 0.255 e. The molecule has 6 nitrogen and oxygen atoms in total. The molecule has 0 radical (unpaired) electrons. The first-order chi connectivity index (χ1) is 12.4. The van der Waals surface area contributed by atoms with Gasteiger partial charge in [0, 0.05) is 22.2 Å². The number of ether oxygens (including phenoxy) is 2. The van der Waals surface area contributed by atoms with Crippen LogP contribution in [0, 0.1) is 6.92 Å². The summed E-state index contributed by atoms with van der Waals surface area (Å²) in [5.74, 6) is 0.818. The van der Waals surface area contributed by atoms with Crippen LogP contribution >= 0.6 is 11.8 Å². The summed E-state index contributed by atoms with van der Waals surface area (Å²) in [6.07, 6.45) is 0. The molecule has 2 N–H and O–H groups in total. The number of hydrogen-bond acceptors (Lipinski definition) is 5. The quantitative estimate of drug-likeness (QED) is 0.856. The van der Waals surface area contributed by atoms with Crippen LogP contribution in [0.5, 0.6) is 11.5 Å². The Bertz CT molecular complexity index is 882. The number of nitrogens with one attached hydrogen (secondary N) is 2. The number of carbonyl (C=O) groups excluding carboxylic acids is 2. The predicted octanol–water partition coefficient (Wildman–Crippen LogP) is 3.70. The van der Waals surface area contributed by atoms with Crippen LogP contribution in [0.3, 0.4) is 0 Å². The standard InChI is InChI=1S/C19H20N2O4S/c1-10-7-15(24-3)16(25-4)9-13(10)20-19(23)12-5-6-17-14(8-12)21-18(22)11(2)26-17/h5-9,11H,1-4H3,(H,20,23)(H,21,22). The number of anilines is 2. The molecule has 0 fully saturated rings. The SMILES string of the molecule is COc1cc(C)c(NC(=O)c2ccc3c(c2)NC(=O)C(C)S3)cc1OC. The average molecular weight is 372 g/mol. The maximum absolute atomic E-state index is 12.6. The van der Waals surface area contributed by atoms with Crippen molar-refractivity contribution in [1.82, 2.24) is 0 Å². The van der Waals surface area contributed by atoms with Crippen LogP contribution in [0.1, 0.15) is 22.8 Å². The minimum Gasteiger partial charge on any atom is -0.493 e. The fourth-order valence-electron chi connectivity index (χ4n) is 2.66. The van der Waals surface area contributed by atoms with Gasteiger partial charge in [-0.1, -0.05) is 0 Å². The van der Waals surface area contributed by atoms with Crippen LogP contribution in [0.2, 0.25) is 0 Å². The third-order valence-corrected chi connectivity index (χ3v) is 5.33. The first-order valence-corrected chi connectivity index (χ1v) is 8.96. The predicted molar refractivity (Wildman–Crippen MR) is 103 cm³/mol. The Morgan fingerprint density at radius 3 is 2.54 bits per heavy atom. The third kappa shape index (κ3) is 3.48. The van der Waals surface area contributed by atoms with Gasteiger partial charge in [-0.3, -0.25) is 9.59 Å². The minimum atomic E-state index is -0.263. The van der Waals surface area contributed by atoms with Crippen molar-refractivity contribution in [2.75, 3.05) is 24.9 Å². The molecule has 7 heteroatoms. The molecule has 1 heterocycles. The van der Waals surface area contributed by atoms with E-state index in [9.17, 15) is 9.59 Å². The second-order valence-electron chi connectivity index (χ2n) is 5.94. The van der Waals surface area contributed by atoms with Crippen molar-refractivity contribution in [3.8, 4) is 11.5 Å². The molecule has 3 rings (SSSR count). The number of amides is 2. The Morgan fingerprint density at radius 1 is 1.15 bits per heavy atom. The molecule has 2 aromatic rings. The minimum absolute atomic E-state index is 0.0595. The molecule has 0 saturated heterocycles. The van der Waals surface area contributed by atoms with Crippen molar-refractivity contribution in [3.05, 3.63) is 41.5 Å². The van der Waals surface area contributed by atoms with Crippen LogP contribution < -0.4 is 20.1 Å². The van der Waals surface area contributed by atoms with Gasteiger partial charge in [-0.05, 0) is 43.7 Å². The largest absolute Gasteiger partial charge is 0.493 e. The lowest BCUT2D eigenvalue weighted by atomic mass is 10.1. The summed E-state index contributed by atoms with van der Waals surface area (Å²) < 4.78 is 10.6. The first-order valence-electron chi connectivity index (χ1n) is 8.08. The van der Waals surface area contributed by atoms with Gasteiger partial charge in [0.2, 0.25) is 5.91 Å². The van der Waals surface area contributed by atoms with E-state index < -0.39 is 0 Å². The van der Waals surface area contributed by atoms with Gasteiger partial charge in [0.15, 0.2) is 11.5 Å². The number of rotatable bonds is 4. The van der Waals surface area contributed by atoms with E-state index in [2.05, 4.69) is 10.6 Å². The normalized spacial score (nSPS) is 15.7. The summed E-state index contributed by atoms with van der Waals surface area (Å²) in [5.41, 5.74) is 2.62. The Hall–Kier alpha value is -2.67. The van der Waals surface area contributed by atoms with E-state index in [1.54, 1.807) is 38.5 Å². The molecule has 0 aromatic heterocycles. The molecule has 1 atom stereocenters. The van der Waals surface area contributed by atoms with Gasteiger partial charge in [-0.15, -0.1) is 11.8 Å². The molecule has 1 aliphatic rings. The molecule has 0 saturated carbocycles. The molecule has 0 aliphatic carbocycles. The Labute approximate surface area is 156 Å². The van der Waals surface area contributed by atoms with Crippen molar-refractivity contribution in [3.63, 3.8) is 0 Å². The summed E-state index contributed by atoms with van der Waals surface area (Å²) in [5, 5.41) is 5.58. The summed E-state index contributed by atoms with van der Waals surface area (Å²) in [6.45, 7) is 3.73. The van der Waals surface area contributed by atoms with Crippen molar-refractivity contribution < 1.29 is 19.1 Å². The second kappa shape index (κ2) is 7.29. The van der Waals surface area contributed by atoms with Crippen molar-refractivity contribution in [2.45, 2.75) is 24.0 Å². The number of fused-ring (bicyclic) bond motifs is 1. The van der Waals surface area contributed by atoms with Crippen LogP contribution in [0.25, 0.3) is 0 Å². The number of benzene rings is 2. The fraction of sp³-hybridized carbons (Fsp3) is 0.263. The zero-order chi connectivity index (χ0) is 18.8. The Morgan fingerprint density at radius 2 is 1.85 bits per heavy atom. The number of carbonyl (C=O) groups is 2. The summed E-state index contributed by atoms with van der Waals surface area (Å²) in [7, 11) is 3.11. The van der Waals surface area contributed by atoms with Crippen LogP contribution in [-0.4, -0.2) is 31.3 Å². The topological polar surface area (TPSA) is 76.7 Å². The van der Waals surface area contributed by atoms with Gasteiger partial charge in [0.05, 0.1) is 25.2 Å². The molecule has 2 amide bonds. The maximum atomic E-state index is 12.6. The lowest BCUT2D eigenvalue weighted by molar-refractivity contribution is -0.115. The van der Waals surface area contributed by atoms with Crippen LogP contribution in [0.15, 0.2) is 35.2 Å². The number of aryl methyl sites for hydroxylation is 1. The molecule has 26 heavy (non-hydrogen) atoms. The fourth-order valence-corrected chi connectivity index (χ4v) is 3.59. The molecule has 1 unspecified atom stereocenters. The second-order valence-corrected chi connectivity index (χ2v) is 7.32. The van der Waals surface area contributed by atoms with E-state index in [4.69, 9.17) is 9.47 Å². The van der Waals surface area contributed by atoms with Gasteiger partial charge in [-0.25, -0.2) is 0 Å². The van der Waals surface area contributed by atoms with E-state index >= 15 is 0 Å². The highest BCUT2D eigenvalue weighted by Gasteiger charge is 2.24. The van der Waals surface area contributed by atoms with E-state index in [0.29, 0.717) is 28.4 Å². The van der Waals surface area contributed by atoms with Crippen molar-refractivity contribution >= 4 is 35.0 Å². The summed E-state index contributed by atoms with van der Waals surface area (Å²) >= 11 is 1.48. The highest BCUT2D eigenvalue weighted by molar-refractivity contribution is 8.00. The van der Waals surface area contributed by atoms with Gasteiger partial charge in [-0.2, -0.15) is 0 Å². The van der Waals surface area contributed by atoms with Crippen molar-refractivity contribution in [1.29, 1.82) is 0 Å². The number of thioether (sulfide) groups is 1. The zero-order valence-corrected chi connectivity index (χ0v) is 15.8. The molecule has 2 aromatic carbocycles. The van der Waals surface area contributed by atoms with Gasteiger partial charge in [0.1, 0.15) is 0 Å². The van der Waals surface area contributed by atoms with E-state index in [-0.39, 0.29) is 17.1 Å². The highest BCUT2D eigenvalue weighted by atomic mass is 32.2. The van der Waals surface area contributed by atoms with Crippen LogP contribution in [0.4, 0.5) is 11.4 Å². The lowest BCUT2D eigenvalue weighted by Crippen LogP contribution is -2.26. The highest BCUT2D eigenvalue weighted by Crippen LogP contribution is 2.36. The van der Waals surface area contributed by atoms with Crippen LogP contribution in [-0.2, 0) is 4.79 Å². The monoisotopic (exact) mass is 372 g/mol. The summed E-state index contributed by atoms with van der Waals surface area (Å²) in [6, 6.07) is 8.83. The number of methoxy groups -OCH3 is 2. The average Bonchev–Trinajstić information content (AvgIpc) is 2.63. The van der Waals surface area contributed by atoms with E-state index in [1.165, 1.54) is 11.8 Å². The Kier molecular flexibility index (Phi) is 5.08. The molecule has 136 valence electrons.